The van der Waals surface area contributed by atoms with Gasteiger partial charge in [0.25, 0.3) is 0 Å². The molecule has 0 spiro atoms. The van der Waals surface area contributed by atoms with Crippen molar-refractivity contribution in [3.63, 3.8) is 0 Å². The molecule has 1 atom stereocenters. The fraction of sp³-hybridized carbons (Fsp3) is 0.571. The highest BCUT2D eigenvalue weighted by Crippen LogP contribution is 2.27. The van der Waals surface area contributed by atoms with Crippen molar-refractivity contribution in [3.05, 3.63) is 41.0 Å². The summed E-state index contributed by atoms with van der Waals surface area (Å²) in [5, 5.41) is 11.7. The summed E-state index contributed by atoms with van der Waals surface area (Å²) in [7, 11) is 0. The number of hydrogen-bond donors (Lipinski definition) is 2. The number of aromatic nitrogens is 2. The Morgan fingerprint density at radius 2 is 2.14 bits per heavy atom. The zero-order valence-electron chi connectivity index (χ0n) is 17.7. The first-order valence-corrected chi connectivity index (χ1v) is 10.6. The quantitative estimate of drug-likeness (QED) is 0.568. The molecule has 0 bridgehead atoms. The van der Waals surface area contributed by atoms with Crippen LogP contribution in [0.2, 0.25) is 5.02 Å². The summed E-state index contributed by atoms with van der Waals surface area (Å²) in [6.07, 6.45) is 2.18. The van der Waals surface area contributed by atoms with Gasteiger partial charge in [0.1, 0.15) is 6.54 Å². The van der Waals surface area contributed by atoms with Crippen LogP contribution in [0, 0.1) is 0 Å². The van der Waals surface area contributed by atoms with Crippen LogP contribution in [0.4, 0.5) is 5.69 Å². The third kappa shape index (κ3) is 5.85. The molecule has 2 aromatic rings. The van der Waals surface area contributed by atoms with Crippen LogP contribution in [-0.2, 0) is 12.0 Å². The van der Waals surface area contributed by atoms with Crippen molar-refractivity contribution in [1.82, 2.24) is 20.8 Å². The lowest BCUT2D eigenvalue weighted by Crippen LogP contribution is -2.51. The summed E-state index contributed by atoms with van der Waals surface area (Å²) in [4.78, 5) is 11.4. The van der Waals surface area contributed by atoms with Gasteiger partial charge < -0.3 is 20.1 Å². The lowest BCUT2D eigenvalue weighted by molar-refractivity contribution is 0.318. The molecule has 0 saturated carbocycles. The zero-order chi connectivity index (χ0) is 20.9. The van der Waals surface area contributed by atoms with Crippen molar-refractivity contribution in [2.75, 3.05) is 24.5 Å². The van der Waals surface area contributed by atoms with E-state index >= 15 is 0 Å². The molecular weight excluding hydrogens is 388 g/mol. The number of aliphatic imine (C=N–C) groups is 1. The van der Waals surface area contributed by atoms with E-state index in [0.717, 1.165) is 49.1 Å². The first kappa shape index (κ1) is 21.4. The van der Waals surface area contributed by atoms with Crippen molar-refractivity contribution in [1.29, 1.82) is 0 Å². The van der Waals surface area contributed by atoms with Gasteiger partial charge in [-0.25, -0.2) is 4.99 Å². The molecule has 2 N–H and O–H groups in total. The largest absolute Gasteiger partial charge is 0.368 e. The van der Waals surface area contributed by atoms with E-state index in [9.17, 15) is 0 Å². The molecule has 1 aliphatic rings. The fourth-order valence-electron chi connectivity index (χ4n) is 3.31. The lowest BCUT2D eigenvalue weighted by Gasteiger charge is -2.35. The molecule has 7 nitrogen and oxygen atoms in total. The van der Waals surface area contributed by atoms with Crippen molar-refractivity contribution >= 4 is 23.2 Å². The second-order valence-electron chi connectivity index (χ2n) is 8.34. The smallest absolute Gasteiger partial charge is 0.232 e. The first-order chi connectivity index (χ1) is 13.9. The third-order valence-electron chi connectivity index (χ3n) is 4.79. The Morgan fingerprint density at radius 3 is 2.83 bits per heavy atom. The van der Waals surface area contributed by atoms with Crippen molar-refractivity contribution < 1.29 is 4.52 Å². The van der Waals surface area contributed by atoms with Gasteiger partial charge in [0, 0.05) is 31.1 Å². The van der Waals surface area contributed by atoms with E-state index in [4.69, 9.17) is 16.1 Å². The molecule has 1 unspecified atom stereocenters. The maximum atomic E-state index is 6.39. The Balaban J connectivity index is 1.64. The predicted octanol–water partition coefficient (Wildman–Crippen LogP) is 3.74. The number of nitrogens with zero attached hydrogens (tertiary/aromatic N) is 4. The molecule has 3 rings (SSSR count). The van der Waals surface area contributed by atoms with Crippen LogP contribution in [-0.4, -0.2) is 41.8 Å². The van der Waals surface area contributed by atoms with Crippen LogP contribution < -0.4 is 15.5 Å². The number of piperidine rings is 1. The minimum absolute atomic E-state index is 0.165. The van der Waals surface area contributed by atoms with E-state index in [-0.39, 0.29) is 11.5 Å². The molecule has 1 aromatic carbocycles. The van der Waals surface area contributed by atoms with Crippen LogP contribution in [0.3, 0.4) is 0 Å². The number of hydrogen-bond acceptors (Lipinski definition) is 5. The molecule has 2 heterocycles. The topological polar surface area (TPSA) is 78.6 Å². The minimum atomic E-state index is -0.165. The third-order valence-corrected chi connectivity index (χ3v) is 5.11. The molecule has 0 aliphatic carbocycles. The average molecular weight is 419 g/mol. The standard InChI is InChI=1S/C21H31ClN6O/c1-5-23-20(24-13-18-26-19(29-27-18)21(2,3)4)25-15-9-8-12-28(14-15)17-11-7-6-10-16(17)22/h6-7,10-11,15H,5,8-9,12-14H2,1-4H3,(H2,23,24,25). The number of benzene rings is 1. The summed E-state index contributed by atoms with van der Waals surface area (Å²) >= 11 is 6.39. The number of nitrogens with one attached hydrogen (secondary N) is 2. The Kier molecular flexibility index (Phi) is 7.00. The maximum Gasteiger partial charge on any atom is 0.232 e. The van der Waals surface area contributed by atoms with E-state index in [0.29, 0.717) is 18.3 Å². The Labute approximate surface area is 177 Å². The van der Waals surface area contributed by atoms with Gasteiger partial charge >= 0.3 is 0 Å². The molecule has 0 radical (unpaired) electrons. The molecule has 1 fully saturated rings. The Bertz CT molecular complexity index is 829. The zero-order valence-corrected chi connectivity index (χ0v) is 18.5. The van der Waals surface area contributed by atoms with Crippen LogP contribution in [0.5, 0.6) is 0 Å². The van der Waals surface area contributed by atoms with Gasteiger partial charge in [-0.2, -0.15) is 4.98 Å². The fourth-order valence-corrected chi connectivity index (χ4v) is 3.56. The van der Waals surface area contributed by atoms with Gasteiger partial charge in [0.2, 0.25) is 5.89 Å². The van der Waals surface area contributed by atoms with Gasteiger partial charge in [-0.3, -0.25) is 0 Å². The highest BCUT2D eigenvalue weighted by molar-refractivity contribution is 6.33. The van der Waals surface area contributed by atoms with Crippen LogP contribution in [0.15, 0.2) is 33.8 Å². The number of anilines is 1. The summed E-state index contributed by atoms with van der Waals surface area (Å²) in [6, 6.07) is 8.29. The minimum Gasteiger partial charge on any atom is -0.368 e. The Hall–Kier alpha value is -2.28. The van der Waals surface area contributed by atoms with E-state index in [2.05, 4.69) is 43.7 Å². The van der Waals surface area contributed by atoms with Crippen LogP contribution in [0.1, 0.15) is 52.3 Å². The predicted molar refractivity (Wildman–Crippen MR) is 118 cm³/mol. The first-order valence-electron chi connectivity index (χ1n) is 10.2. The average Bonchev–Trinajstić information content (AvgIpc) is 3.16. The van der Waals surface area contributed by atoms with E-state index < -0.39 is 0 Å². The highest BCUT2D eigenvalue weighted by atomic mass is 35.5. The summed E-state index contributed by atoms with van der Waals surface area (Å²) in [5.74, 6) is 1.98. The van der Waals surface area contributed by atoms with E-state index in [1.165, 1.54) is 0 Å². The monoisotopic (exact) mass is 418 g/mol. The Morgan fingerprint density at radius 1 is 1.34 bits per heavy atom. The molecule has 8 heteroatoms. The van der Waals surface area contributed by atoms with Crippen molar-refractivity contribution in [3.8, 4) is 0 Å². The van der Waals surface area contributed by atoms with Crippen LogP contribution >= 0.6 is 11.6 Å². The summed E-state index contributed by atoms with van der Waals surface area (Å²) in [6.45, 7) is 11.2. The second kappa shape index (κ2) is 9.48. The number of guanidine groups is 1. The van der Waals surface area contributed by atoms with Gasteiger partial charge in [-0.05, 0) is 31.9 Å². The summed E-state index contributed by atoms with van der Waals surface area (Å²) in [5.41, 5.74) is 0.922. The molecule has 1 saturated heterocycles. The van der Waals surface area contributed by atoms with Gasteiger partial charge in [0.05, 0.1) is 10.7 Å². The number of halogens is 1. The van der Waals surface area contributed by atoms with Crippen LogP contribution in [0.25, 0.3) is 0 Å². The molecule has 0 amide bonds. The van der Waals surface area contributed by atoms with E-state index in [1.54, 1.807) is 0 Å². The maximum absolute atomic E-state index is 6.39. The van der Waals surface area contributed by atoms with Gasteiger partial charge in [-0.1, -0.05) is 49.7 Å². The van der Waals surface area contributed by atoms with Gasteiger partial charge in [0.15, 0.2) is 11.8 Å². The van der Waals surface area contributed by atoms with Crippen molar-refractivity contribution in [2.24, 2.45) is 4.99 Å². The second-order valence-corrected chi connectivity index (χ2v) is 8.75. The number of para-hydroxylation sites is 1. The molecule has 29 heavy (non-hydrogen) atoms. The normalized spacial score (nSPS) is 18.0. The highest BCUT2D eigenvalue weighted by Gasteiger charge is 2.23. The SMILES string of the molecule is CCNC(=NCc1noc(C(C)(C)C)n1)NC1CCCN(c2ccccc2Cl)C1. The molecular formula is C21H31ClN6O. The molecule has 158 valence electrons. The lowest BCUT2D eigenvalue weighted by atomic mass is 9.97. The van der Waals surface area contributed by atoms with Gasteiger partial charge in [-0.15, -0.1) is 0 Å². The molecule has 1 aliphatic heterocycles. The number of rotatable bonds is 5. The summed E-state index contributed by atoms with van der Waals surface area (Å²) < 4.78 is 5.36. The van der Waals surface area contributed by atoms with E-state index in [1.807, 2.05) is 39.0 Å². The molecule has 1 aromatic heterocycles. The van der Waals surface area contributed by atoms with Crippen molar-refractivity contribution in [2.45, 2.75) is 58.5 Å².